The van der Waals surface area contributed by atoms with Crippen molar-refractivity contribution in [1.29, 1.82) is 0 Å². The lowest BCUT2D eigenvalue weighted by Gasteiger charge is -2.22. The van der Waals surface area contributed by atoms with Crippen molar-refractivity contribution in [2.24, 2.45) is 5.41 Å². The summed E-state index contributed by atoms with van der Waals surface area (Å²) in [6.45, 7) is 5.53. The van der Waals surface area contributed by atoms with Crippen LogP contribution < -0.4 is 0 Å². The summed E-state index contributed by atoms with van der Waals surface area (Å²) in [5.41, 5.74) is 0.757. The largest absolute Gasteiger partial charge is 0.325 e. The highest BCUT2D eigenvalue weighted by Crippen LogP contribution is 2.34. The molecule has 88 valence electrons. The Labute approximate surface area is 96.0 Å². The van der Waals surface area contributed by atoms with Crippen LogP contribution in [0.1, 0.15) is 26.3 Å². The van der Waals surface area contributed by atoms with Crippen LogP contribution in [0.4, 0.5) is 3.89 Å². The molecule has 0 unspecified atom stereocenters. The van der Waals surface area contributed by atoms with Crippen LogP contribution in [0.2, 0.25) is 0 Å². The van der Waals surface area contributed by atoms with Crippen molar-refractivity contribution in [3.05, 3.63) is 41.3 Å². The van der Waals surface area contributed by atoms with Crippen molar-refractivity contribution >= 4 is 15.8 Å². The van der Waals surface area contributed by atoms with Crippen molar-refractivity contribution in [3.63, 3.8) is 0 Å². The van der Waals surface area contributed by atoms with Crippen molar-refractivity contribution < 1.29 is 12.3 Å². The maximum Gasteiger partial charge on any atom is 0.325 e. The van der Waals surface area contributed by atoms with Gasteiger partial charge in [0, 0.05) is 0 Å². The number of benzene rings is 1. The van der Waals surface area contributed by atoms with E-state index in [9.17, 15) is 12.3 Å². The van der Waals surface area contributed by atoms with Crippen LogP contribution >= 0.6 is 0 Å². The third-order valence-corrected chi connectivity index (χ3v) is 2.67. The molecule has 0 aromatic heterocycles. The van der Waals surface area contributed by atoms with Gasteiger partial charge >= 0.3 is 10.2 Å². The van der Waals surface area contributed by atoms with E-state index in [4.69, 9.17) is 0 Å². The molecule has 4 heteroatoms. The summed E-state index contributed by atoms with van der Waals surface area (Å²) in [4.78, 5) is 0. The Morgan fingerprint density at radius 1 is 1.19 bits per heavy atom. The zero-order valence-corrected chi connectivity index (χ0v) is 10.4. The second-order valence-corrected chi connectivity index (χ2v) is 5.81. The average Bonchev–Trinajstić information content (AvgIpc) is 2.13. The van der Waals surface area contributed by atoms with Gasteiger partial charge in [0.15, 0.2) is 0 Å². The van der Waals surface area contributed by atoms with Crippen LogP contribution in [0.15, 0.2) is 35.7 Å². The van der Waals surface area contributed by atoms with Gasteiger partial charge in [-0.1, -0.05) is 51.1 Å². The van der Waals surface area contributed by atoms with Crippen LogP contribution in [0, 0.1) is 5.41 Å². The molecule has 0 aliphatic carbocycles. The summed E-state index contributed by atoms with van der Waals surface area (Å²) in [7, 11) is -4.62. The van der Waals surface area contributed by atoms with E-state index in [0.29, 0.717) is 11.0 Å². The van der Waals surface area contributed by atoms with Crippen molar-refractivity contribution in [2.45, 2.75) is 20.8 Å². The molecule has 0 saturated carbocycles. The molecule has 0 fully saturated rings. The first-order valence-corrected chi connectivity index (χ1v) is 6.37. The molecule has 0 aliphatic rings. The van der Waals surface area contributed by atoms with Gasteiger partial charge < -0.3 is 0 Å². The minimum atomic E-state index is -4.62. The van der Waals surface area contributed by atoms with Gasteiger partial charge in [-0.3, -0.25) is 0 Å². The first-order chi connectivity index (χ1) is 7.20. The van der Waals surface area contributed by atoms with Crippen LogP contribution in [0.25, 0.3) is 5.57 Å². The van der Waals surface area contributed by atoms with Gasteiger partial charge in [-0.25, -0.2) is 0 Å². The lowest BCUT2D eigenvalue weighted by Crippen LogP contribution is -2.09. The fourth-order valence-corrected chi connectivity index (χ4v) is 2.21. The highest BCUT2D eigenvalue weighted by atomic mass is 32.3. The predicted molar refractivity (Wildman–Crippen MR) is 63.9 cm³/mol. The van der Waals surface area contributed by atoms with Gasteiger partial charge in [0.2, 0.25) is 0 Å². The molecular weight excluding hydrogens is 227 g/mol. The Kier molecular flexibility index (Phi) is 3.53. The Hall–Kier alpha value is -1.16. The number of allylic oxidation sites excluding steroid dienone is 1. The number of halogens is 1. The van der Waals surface area contributed by atoms with Gasteiger partial charge in [-0.05, 0) is 16.6 Å². The minimum Gasteiger partial charge on any atom is -0.190 e. The maximum absolute atomic E-state index is 12.8. The molecule has 0 amide bonds. The SMILES string of the molecule is CC(C)(C)C(=CS(=O)(=O)F)c1ccccc1. The van der Waals surface area contributed by atoms with Crippen molar-refractivity contribution in [3.8, 4) is 0 Å². The van der Waals surface area contributed by atoms with Crippen LogP contribution in [-0.4, -0.2) is 8.42 Å². The minimum absolute atomic E-state index is 0.430. The summed E-state index contributed by atoms with van der Waals surface area (Å²) in [5, 5.41) is 0.697. The highest BCUT2D eigenvalue weighted by molar-refractivity contribution is 7.89. The number of rotatable bonds is 2. The van der Waals surface area contributed by atoms with E-state index in [0.717, 1.165) is 5.56 Å². The van der Waals surface area contributed by atoms with Gasteiger partial charge in [0.25, 0.3) is 0 Å². The highest BCUT2D eigenvalue weighted by Gasteiger charge is 2.21. The third kappa shape index (κ3) is 3.77. The maximum atomic E-state index is 12.8. The first-order valence-electron chi connectivity index (χ1n) is 4.92. The first kappa shape index (κ1) is 12.9. The summed E-state index contributed by atoms with van der Waals surface area (Å²) in [6.07, 6.45) is 0. The molecular formula is C12H15FO2S. The lowest BCUT2D eigenvalue weighted by atomic mass is 9.83. The van der Waals surface area contributed by atoms with E-state index in [2.05, 4.69) is 0 Å². The normalized spacial score (nSPS) is 13.9. The fourth-order valence-electron chi connectivity index (χ4n) is 1.44. The molecule has 1 aromatic carbocycles. The molecule has 0 spiro atoms. The molecule has 0 bridgehead atoms. The lowest BCUT2D eigenvalue weighted by molar-refractivity contribution is 0.553. The monoisotopic (exact) mass is 242 g/mol. The van der Waals surface area contributed by atoms with Gasteiger partial charge in [-0.15, -0.1) is 3.89 Å². The fraction of sp³-hybridized carbons (Fsp3) is 0.333. The standard InChI is InChI=1S/C12H15FO2S/c1-12(2,3)11(9-16(13,14)15)10-7-5-4-6-8-10/h4-9H,1-3H3. The molecule has 0 radical (unpaired) electrons. The van der Waals surface area contributed by atoms with Gasteiger partial charge in [-0.2, -0.15) is 8.42 Å². The molecule has 0 aliphatic heterocycles. The van der Waals surface area contributed by atoms with Crippen molar-refractivity contribution in [1.82, 2.24) is 0 Å². The van der Waals surface area contributed by atoms with Crippen LogP contribution in [0.3, 0.4) is 0 Å². The predicted octanol–water partition coefficient (Wildman–Crippen LogP) is 3.37. The van der Waals surface area contributed by atoms with E-state index in [1.54, 1.807) is 24.3 Å². The molecule has 1 rings (SSSR count). The quantitative estimate of drug-likeness (QED) is 0.745. The summed E-state index contributed by atoms with van der Waals surface area (Å²) < 4.78 is 34.2. The summed E-state index contributed by atoms with van der Waals surface area (Å²) >= 11 is 0. The molecule has 0 heterocycles. The van der Waals surface area contributed by atoms with E-state index >= 15 is 0 Å². The second kappa shape index (κ2) is 4.37. The third-order valence-electron chi connectivity index (χ3n) is 2.15. The van der Waals surface area contributed by atoms with Crippen LogP contribution in [0.5, 0.6) is 0 Å². The molecule has 16 heavy (non-hydrogen) atoms. The number of hydrogen-bond donors (Lipinski definition) is 0. The zero-order chi connectivity index (χ0) is 12.4. The Morgan fingerprint density at radius 3 is 2.06 bits per heavy atom. The molecule has 0 saturated heterocycles. The van der Waals surface area contributed by atoms with E-state index in [-0.39, 0.29) is 0 Å². The van der Waals surface area contributed by atoms with E-state index < -0.39 is 15.6 Å². The van der Waals surface area contributed by atoms with Crippen LogP contribution in [-0.2, 0) is 10.2 Å². The zero-order valence-electron chi connectivity index (χ0n) is 9.57. The Balaban J connectivity index is 3.35. The second-order valence-electron chi connectivity index (χ2n) is 4.62. The number of hydrogen-bond acceptors (Lipinski definition) is 2. The van der Waals surface area contributed by atoms with Crippen molar-refractivity contribution in [2.75, 3.05) is 0 Å². The smallest absolute Gasteiger partial charge is 0.190 e. The molecule has 1 aromatic rings. The molecule has 0 atom stereocenters. The Bertz CT molecular complexity index is 482. The van der Waals surface area contributed by atoms with E-state index in [1.807, 2.05) is 26.8 Å². The van der Waals surface area contributed by atoms with Gasteiger partial charge in [0.1, 0.15) is 0 Å². The molecule has 2 nitrogen and oxygen atoms in total. The summed E-state index contributed by atoms with van der Waals surface area (Å²) in [5.74, 6) is 0. The topological polar surface area (TPSA) is 34.1 Å². The average molecular weight is 242 g/mol. The Morgan fingerprint density at radius 2 is 1.69 bits per heavy atom. The van der Waals surface area contributed by atoms with Gasteiger partial charge in [0.05, 0.1) is 5.41 Å². The molecule has 0 N–H and O–H groups in total. The van der Waals surface area contributed by atoms with E-state index in [1.165, 1.54) is 0 Å². The summed E-state index contributed by atoms with van der Waals surface area (Å²) in [6, 6.07) is 8.94.